The van der Waals surface area contributed by atoms with Gasteiger partial charge in [-0.2, -0.15) is 14.0 Å². The Morgan fingerprint density at radius 3 is 2.78 bits per heavy atom. The van der Waals surface area contributed by atoms with Crippen molar-refractivity contribution in [3.8, 4) is 11.9 Å². The Kier molecular flexibility index (Phi) is 5.32. The number of nitriles is 1. The third-order valence-electron chi connectivity index (χ3n) is 1.67. The van der Waals surface area contributed by atoms with Crippen molar-refractivity contribution in [3.63, 3.8) is 0 Å². The molecule has 0 unspecified atom stereocenters. The van der Waals surface area contributed by atoms with Crippen molar-refractivity contribution < 1.29 is 17.9 Å². The summed E-state index contributed by atoms with van der Waals surface area (Å²) < 4.78 is 41.2. The molecule has 1 rings (SSSR count). The highest BCUT2D eigenvalue weighted by molar-refractivity contribution is 8.13. The van der Waals surface area contributed by atoms with Crippen LogP contribution in [0.5, 0.6) is 5.75 Å². The highest BCUT2D eigenvalue weighted by Gasteiger charge is 2.07. The molecule has 0 atom stereocenters. The lowest BCUT2D eigenvalue weighted by Crippen LogP contribution is -2.12. The first-order valence-corrected chi connectivity index (χ1v) is 5.81. The first-order chi connectivity index (χ1) is 8.55. The van der Waals surface area contributed by atoms with Crippen molar-refractivity contribution in [2.24, 2.45) is 4.99 Å². The van der Waals surface area contributed by atoms with E-state index in [1.54, 1.807) is 12.4 Å². The van der Waals surface area contributed by atoms with Crippen molar-refractivity contribution in [2.45, 2.75) is 6.61 Å². The average Bonchev–Trinajstić information content (AvgIpc) is 2.26. The predicted octanol–water partition coefficient (Wildman–Crippen LogP) is 2.85. The fourth-order valence-electron chi connectivity index (χ4n) is 1.07. The van der Waals surface area contributed by atoms with Crippen LogP contribution in [0.25, 0.3) is 0 Å². The zero-order valence-corrected chi connectivity index (χ0v) is 9.97. The number of hydrogen-bond acceptors (Lipinski definition) is 4. The summed E-state index contributed by atoms with van der Waals surface area (Å²) in [5, 5.41) is 10.9. The minimum absolute atomic E-state index is 0.0674. The molecule has 0 heterocycles. The molecular weight excluding hydrogens is 267 g/mol. The lowest BCUT2D eigenvalue weighted by molar-refractivity contribution is -0.0499. The van der Waals surface area contributed by atoms with Gasteiger partial charge in [0, 0.05) is 12.1 Å². The molecule has 0 amide bonds. The molecule has 8 heteroatoms. The second kappa shape index (κ2) is 6.76. The van der Waals surface area contributed by atoms with Crippen molar-refractivity contribution in [1.82, 2.24) is 5.32 Å². The van der Waals surface area contributed by atoms with E-state index in [0.29, 0.717) is 0 Å². The third-order valence-corrected chi connectivity index (χ3v) is 2.25. The van der Waals surface area contributed by atoms with Crippen LogP contribution in [0.15, 0.2) is 23.2 Å². The summed E-state index contributed by atoms with van der Waals surface area (Å²) in [6.45, 7) is -3.04. The number of nitrogens with zero attached hydrogens (tertiary/aromatic N) is 2. The number of rotatable bonds is 3. The standard InChI is InChI=1S/C10H8F3N3OS/c1-18-10(15-5-14)16-7-2-6(11)3-8(4-7)17-9(12)13/h2-4,9H,1H3,(H,15,16). The van der Waals surface area contributed by atoms with E-state index in [4.69, 9.17) is 5.26 Å². The summed E-state index contributed by atoms with van der Waals surface area (Å²) in [7, 11) is 0. The molecule has 0 saturated carbocycles. The number of benzene rings is 1. The van der Waals surface area contributed by atoms with Gasteiger partial charge in [-0.3, -0.25) is 5.32 Å². The first-order valence-electron chi connectivity index (χ1n) is 4.58. The largest absolute Gasteiger partial charge is 0.435 e. The van der Waals surface area contributed by atoms with Gasteiger partial charge in [0.1, 0.15) is 11.6 Å². The molecule has 0 bridgehead atoms. The first kappa shape index (κ1) is 14.2. The van der Waals surface area contributed by atoms with E-state index in [-0.39, 0.29) is 16.6 Å². The third kappa shape index (κ3) is 4.55. The summed E-state index contributed by atoms with van der Waals surface area (Å²) in [6, 6.07) is 3.00. The Labute approximate surface area is 105 Å². The van der Waals surface area contributed by atoms with E-state index in [1.807, 2.05) is 0 Å². The molecule has 0 fully saturated rings. The van der Waals surface area contributed by atoms with Gasteiger partial charge in [-0.05, 0) is 12.3 Å². The monoisotopic (exact) mass is 275 g/mol. The minimum atomic E-state index is -3.04. The number of amidine groups is 1. The van der Waals surface area contributed by atoms with E-state index in [2.05, 4.69) is 15.0 Å². The molecule has 1 aromatic rings. The van der Waals surface area contributed by atoms with Crippen molar-refractivity contribution in [2.75, 3.05) is 6.26 Å². The molecule has 96 valence electrons. The molecule has 0 aliphatic heterocycles. The Morgan fingerprint density at radius 1 is 1.50 bits per heavy atom. The number of halogens is 3. The molecule has 0 aliphatic carbocycles. The molecule has 4 nitrogen and oxygen atoms in total. The number of thioether (sulfide) groups is 1. The molecule has 0 saturated heterocycles. The molecule has 0 aromatic heterocycles. The van der Waals surface area contributed by atoms with E-state index in [9.17, 15) is 13.2 Å². The van der Waals surface area contributed by atoms with Gasteiger partial charge in [0.15, 0.2) is 11.4 Å². The van der Waals surface area contributed by atoms with E-state index >= 15 is 0 Å². The van der Waals surface area contributed by atoms with Gasteiger partial charge in [0.05, 0.1) is 5.69 Å². The Hall–Kier alpha value is -1.88. The van der Waals surface area contributed by atoms with Crippen molar-refractivity contribution >= 4 is 22.6 Å². The van der Waals surface area contributed by atoms with Crippen molar-refractivity contribution in [1.29, 1.82) is 5.26 Å². The zero-order chi connectivity index (χ0) is 13.5. The number of aliphatic imine (C=N–C) groups is 1. The highest BCUT2D eigenvalue weighted by atomic mass is 32.2. The van der Waals surface area contributed by atoms with Crippen LogP contribution in [0, 0.1) is 17.3 Å². The van der Waals surface area contributed by atoms with Crippen LogP contribution >= 0.6 is 11.8 Å². The SMILES string of the molecule is CSC(=Nc1cc(F)cc(OC(F)F)c1)NC#N. The molecule has 0 spiro atoms. The number of nitrogens with one attached hydrogen (secondary N) is 1. The second-order valence-electron chi connectivity index (χ2n) is 2.88. The summed E-state index contributed by atoms with van der Waals surface area (Å²) in [5.74, 6) is -1.09. The molecule has 18 heavy (non-hydrogen) atoms. The fraction of sp³-hybridized carbons (Fsp3) is 0.200. The predicted molar refractivity (Wildman–Crippen MR) is 62.4 cm³/mol. The van der Waals surface area contributed by atoms with Gasteiger partial charge in [-0.1, -0.05) is 11.8 Å². The van der Waals surface area contributed by atoms with E-state index in [1.165, 1.54) is 0 Å². The second-order valence-corrected chi connectivity index (χ2v) is 3.68. The number of ether oxygens (including phenoxy) is 1. The molecule has 1 aromatic carbocycles. The van der Waals surface area contributed by atoms with Gasteiger partial charge < -0.3 is 4.74 Å². The van der Waals surface area contributed by atoms with Crippen molar-refractivity contribution in [3.05, 3.63) is 24.0 Å². The Morgan fingerprint density at radius 2 is 2.22 bits per heavy atom. The van der Waals surface area contributed by atoms with Gasteiger partial charge in [-0.25, -0.2) is 9.38 Å². The van der Waals surface area contributed by atoms with Crippen LogP contribution in [0.4, 0.5) is 18.9 Å². The van der Waals surface area contributed by atoms with Crippen LogP contribution in [0.2, 0.25) is 0 Å². The van der Waals surface area contributed by atoms with Crippen LogP contribution < -0.4 is 10.1 Å². The van der Waals surface area contributed by atoms with E-state index < -0.39 is 12.4 Å². The van der Waals surface area contributed by atoms with Crippen LogP contribution in [0.3, 0.4) is 0 Å². The maximum Gasteiger partial charge on any atom is 0.387 e. The summed E-state index contributed by atoms with van der Waals surface area (Å²) in [5.41, 5.74) is 0.0674. The fourth-order valence-corrected chi connectivity index (χ4v) is 1.42. The van der Waals surface area contributed by atoms with Gasteiger partial charge in [0.25, 0.3) is 0 Å². The smallest absolute Gasteiger partial charge is 0.387 e. The summed E-state index contributed by atoms with van der Waals surface area (Å²) in [6.07, 6.45) is 3.31. The maximum atomic E-state index is 13.1. The number of hydrogen-bond donors (Lipinski definition) is 1. The Balaban J connectivity index is 3.02. The topological polar surface area (TPSA) is 57.4 Å². The van der Waals surface area contributed by atoms with Crippen LogP contribution in [0.1, 0.15) is 0 Å². The summed E-state index contributed by atoms with van der Waals surface area (Å²) >= 11 is 1.12. The molecule has 0 aliphatic rings. The molecular formula is C10H8F3N3OS. The zero-order valence-electron chi connectivity index (χ0n) is 9.15. The normalized spacial score (nSPS) is 11.2. The van der Waals surface area contributed by atoms with Gasteiger partial charge in [0.2, 0.25) is 0 Å². The summed E-state index contributed by atoms with van der Waals surface area (Å²) in [4.78, 5) is 3.88. The van der Waals surface area contributed by atoms with Gasteiger partial charge >= 0.3 is 6.61 Å². The maximum absolute atomic E-state index is 13.1. The molecule has 1 N–H and O–H groups in total. The lowest BCUT2D eigenvalue weighted by Gasteiger charge is -2.06. The van der Waals surface area contributed by atoms with Crippen LogP contribution in [-0.4, -0.2) is 18.0 Å². The average molecular weight is 275 g/mol. The quantitative estimate of drug-likeness (QED) is 0.399. The minimum Gasteiger partial charge on any atom is -0.435 e. The Bertz CT molecular complexity index is 488. The lowest BCUT2D eigenvalue weighted by atomic mass is 10.3. The van der Waals surface area contributed by atoms with Gasteiger partial charge in [-0.15, -0.1) is 0 Å². The highest BCUT2D eigenvalue weighted by Crippen LogP contribution is 2.24. The molecule has 0 radical (unpaired) electrons. The number of alkyl halides is 2. The van der Waals surface area contributed by atoms with E-state index in [0.717, 1.165) is 30.0 Å². The van der Waals surface area contributed by atoms with Crippen LogP contribution in [-0.2, 0) is 0 Å².